The molecule has 0 spiro atoms. The van der Waals surface area contributed by atoms with Gasteiger partial charge in [0.1, 0.15) is 12.4 Å². The summed E-state index contributed by atoms with van der Waals surface area (Å²) < 4.78 is 10.6. The highest BCUT2D eigenvalue weighted by Crippen LogP contribution is 2.13. The fourth-order valence-electron chi connectivity index (χ4n) is 1.59. The molecule has 0 fully saturated rings. The summed E-state index contributed by atoms with van der Waals surface area (Å²) in [6, 6.07) is 5.76. The van der Waals surface area contributed by atoms with Gasteiger partial charge >= 0.3 is 0 Å². The van der Waals surface area contributed by atoms with Crippen LogP contribution in [0.4, 0.5) is 0 Å². The molecule has 2 rings (SSSR count). The van der Waals surface area contributed by atoms with Crippen LogP contribution in [0.15, 0.2) is 28.9 Å². The molecule has 2 heterocycles. The molecule has 0 aromatic carbocycles. The lowest BCUT2D eigenvalue weighted by atomic mass is 10.2. The van der Waals surface area contributed by atoms with E-state index in [2.05, 4.69) is 10.1 Å². The minimum Gasteiger partial charge on any atom is -0.484 e. The van der Waals surface area contributed by atoms with Crippen molar-refractivity contribution in [2.24, 2.45) is 5.73 Å². The van der Waals surface area contributed by atoms with Crippen molar-refractivity contribution in [2.75, 3.05) is 0 Å². The first kappa shape index (κ1) is 12.6. The molecule has 0 amide bonds. The maximum atomic E-state index is 5.71. The second kappa shape index (κ2) is 5.64. The van der Waals surface area contributed by atoms with Crippen LogP contribution in [0.1, 0.15) is 24.1 Å². The van der Waals surface area contributed by atoms with Gasteiger partial charge in [-0.1, -0.05) is 5.16 Å². The molecule has 18 heavy (non-hydrogen) atoms. The van der Waals surface area contributed by atoms with E-state index in [-0.39, 0.29) is 6.04 Å². The van der Waals surface area contributed by atoms with Crippen LogP contribution in [-0.2, 0) is 13.0 Å². The molecule has 96 valence electrons. The van der Waals surface area contributed by atoms with E-state index in [9.17, 15) is 0 Å². The topological polar surface area (TPSA) is 74.2 Å². The van der Waals surface area contributed by atoms with Gasteiger partial charge in [-0.15, -0.1) is 0 Å². The lowest BCUT2D eigenvalue weighted by Crippen LogP contribution is -2.18. The number of pyridine rings is 1. The Hall–Kier alpha value is -1.88. The van der Waals surface area contributed by atoms with E-state index in [1.54, 1.807) is 6.20 Å². The minimum absolute atomic E-state index is 0.112. The van der Waals surface area contributed by atoms with Gasteiger partial charge < -0.3 is 15.0 Å². The van der Waals surface area contributed by atoms with E-state index in [0.29, 0.717) is 18.1 Å². The van der Waals surface area contributed by atoms with Gasteiger partial charge in [0.25, 0.3) is 0 Å². The van der Waals surface area contributed by atoms with Gasteiger partial charge in [-0.3, -0.25) is 4.98 Å². The first-order valence-electron chi connectivity index (χ1n) is 5.89. The van der Waals surface area contributed by atoms with Crippen molar-refractivity contribution in [1.82, 2.24) is 10.1 Å². The molecule has 0 aliphatic rings. The number of nitrogens with two attached hydrogens (primary N) is 1. The lowest BCUT2D eigenvalue weighted by molar-refractivity contribution is 0.248. The van der Waals surface area contributed by atoms with Crippen LogP contribution in [-0.4, -0.2) is 16.2 Å². The number of aromatic nitrogens is 2. The normalized spacial score (nSPS) is 12.4. The number of nitrogens with zero attached hydrogens (tertiary/aromatic N) is 2. The standard InChI is InChI=1S/C13H17N3O2/c1-9(14)5-11-3-4-12(7-15-11)17-8-13-6-10(2)16-18-13/h3-4,6-7,9H,5,8,14H2,1-2H3. The molecule has 0 saturated carbocycles. The van der Waals surface area contributed by atoms with Crippen LogP contribution >= 0.6 is 0 Å². The summed E-state index contributed by atoms with van der Waals surface area (Å²) in [6.45, 7) is 4.19. The summed E-state index contributed by atoms with van der Waals surface area (Å²) >= 11 is 0. The Labute approximate surface area is 106 Å². The van der Waals surface area contributed by atoms with E-state index in [4.69, 9.17) is 15.0 Å². The predicted molar refractivity (Wildman–Crippen MR) is 67.2 cm³/mol. The van der Waals surface area contributed by atoms with Crippen molar-refractivity contribution in [1.29, 1.82) is 0 Å². The van der Waals surface area contributed by atoms with E-state index < -0.39 is 0 Å². The van der Waals surface area contributed by atoms with E-state index in [1.165, 1.54) is 0 Å². The number of ether oxygens (including phenoxy) is 1. The molecular formula is C13H17N3O2. The van der Waals surface area contributed by atoms with Crippen LogP contribution in [0.25, 0.3) is 0 Å². The molecule has 0 radical (unpaired) electrons. The van der Waals surface area contributed by atoms with Gasteiger partial charge in [0, 0.05) is 24.2 Å². The molecule has 2 N–H and O–H groups in total. The number of rotatable bonds is 5. The molecule has 1 unspecified atom stereocenters. The van der Waals surface area contributed by atoms with Crippen molar-refractivity contribution < 1.29 is 9.26 Å². The number of hydrogen-bond acceptors (Lipinski definition) is 5. The first-order valence-corrected chi connectivity index (χ1v) is 5.89. The summed E-state index contributed by atoms with van der Waals surface area (Å²) in [7, 11) is 0. The fourth-order valence-corrected chi connectivity index (χ4v) is 1.59. The Morgan fingerprint density at radius 1 is 1.44 bits per heavy atom. The quantitative estimate of drug-likeness (QED) is 0.872. The zero-order valence-electron chi connectivity index (χ0n) is 10.6. The monoisotopic (exact) mass is 247 g/mol. The average molecular weight is 247 g/mol. The zero-order chi connectivity index (χ0) is 13.0. The van der Waals surface area contributed by atoms with Gasteiger partial charge in [0.2, 0.25) is 0 Å². The Morgan fingerprint density at radius 2 is 2.28 bits per heavy atom. The largest absolute Gasteiger partial charge is 0.484 e. The maximum absolute atomic E-state index is 5.71. The van der Waals surface area contributed by atoms with Crippen LogP contribution in [0.2, 0.25) is 0 Å². The Balaban J connectivity index is 1.90. The van der Waals surface area contributed by atoms with E-state index >= 15 is 0 Å². The molecule has 0 saturated heterocycles. The fraction of sp³-hybridized carbons (Fsp3) is 0.385. The van der Waals surface area contributed by atoms with Gasteiger partial charge in [0.05, 0.1) is 11.9 Å². The first-order chi connectivity index (χ1) is 8.63. The molecule has 0 aliphatic carbocycles. The molecule has 2 aromatic heterocycles. The van der Waals surface area contributed by atoms with Crippen LogP contribution < -0.4 is 10.5 Å². The van der Waals surface area contributed by atoms with Crippen molar-refractivity contribution in [3.63, 3.8) is 0 Å². The molecule has 0 aliphatic heterocycles. The van der Waals surface area contributed by atoms with Crippen molar-refractivity contribution in [3.05, 3.63) is 41.5 Å². The second-order valence-corrected chi connectivity index (χ2v) is 4.39. The van der Waals surface area contributed by atoms with Crippen LogP contribution in [0.3, 0.4) is 0 Å². The molecule has 2 aromatic rings. The minimum atomic E-state index is 0.112. The van der Waals surface area contributed by atoms with Gasteiger partial charge in [0.15, 0.2) is 5.76 Å². The Morgan fingerprint density at radius 3 is 2.83 bits per heavy atom. The van der Waals surface area contributed by atoms with E-state index in [0.717, 1.165) is 17.8 Å². The van der Waals surface area contributed by atoms with Gasteiger partial charge in [-0.05, 0) is 26.0 Å². The molecule has 0 bridgehead atoms. The summed E-state index contributed by atoms with van der Waals surface area (Å²) in [4.78, 5) is 4.29. The highest BCUT2D eigenvalue weighted by molar-refractivity contribution is 5.20. The maximum Gasteiger partial charge on any atom is 0.174 e. The second-order valence-electron chi connectivity index (χ2n) is 4.39. The third kappa shape index (κ3) is 3.56. The predicted octanol–water partition coefficient (Wildman–Crippen LogP) is 1.85. The van der Waals surface area contributed by atoms with Crippen molar-refractivity contribution >= 4 is 0 Å². The summed E-state index contributed by atoms with van der Waals surface area (Å²) in [6.07, 6.45) is 2.46. The van der Waals surface area contributed by atoms with Crippen molar-refractivity contribution in [3.8, 4) is 5.75 Å². The molecule has 1 atom stereocenters. The SMILES string of the molecule is Cc1cc(COc2ccc(CC(C)N)nc2)on1. The smallest absolute Gasteiger partial charge is 0.174 e. The third-order valence-corrected chi connectivity index (χ3v) is 2.39. The number of aryl methyl sites for hydroxylation is 1. The summed E-state index contributed by atoms with van der Waals surface area (Å²) in [5.74, 6) is 1.41. The van der Waals surface area contributed by atoms with E-state index in [1.807, 2.05) is 32.0 Å². The number of hydrogen-bond donors (Lipinski definition) is 1. The lowest BCUT2D eigenvalue weighted by Gasteiger charge is -2.06. The Bertz CT molecular complexity index is 491. The third-order valence-electron chi connectivity index (χ3n) is 2.39. The van der Waals surface area contributed by atoms with Crippen LogP contribution in [0.5, 0.6) is 5.75 Å². The van der Waals surface area contributed by atoms with Gasteiger partial charge in [-0.2, -0.15) is 0 Å². The molecular weight excluding hydrogens is 230 g/mol. The van der Waals surface area contributed by atoms with Gasteiger partial charge in [-0.25, -0.2) is 0 Å². The van der Waals surface area contributed by atoms with Crippen molar-refractivity contribution in [2.45, 2.75) is 32.9 Å². The molecule has 5 nitrogen and oxygen atoms in total. The molecule has 5 heteroatoms. The summed E-state index contributed by atoms with van der Waals surface area (Å²) in [5.41, 5.74) is 7.52. The zero-order valence-corrected chi connectivity index (χ0v) is 10.6. The highest BCUT2D eigenvalue weighted by atomic mass is 16.5. The average Bonchev–Trinajstić information content (AvgIpc) is 2.74. The van der Waals surface area contributed by atoms with Crippen LogP contribution in [0, 0.1) is 6.92 Å². The highest BCUT2D eigenvalue weighted by Gasteiger charge is 2.03. The Kier molecular flexibility index (Phi) is 3.94. The summed E-state index contributed by atoms with van der Waals surface area (Å²) in [5, 5.41) is 3.79.